The summed E-state index contributed by atoms with van der Waals surface area (Å²) < 4.78 is 9.11. The molecular weight excluding hydrogens is 352 g/mol. The molecule has 8 heteroatoms. The zero-order valence-electron chi connectivity index (χ0n) is 16.2. The van der Waals surface area contributed by atoms with Gasteiger partial charge in [0.1, 0.15) is 11.6 Å². The van der Waals surface area contributed by atoms with E-state index >= 15 is 0 Å². The van der Waals surface area contributed by atoms with E-state index in [0.717, 1.165) is 41.5 Å². The van der Waals surface area contributed by atoms with Crippen molar-refractivity contribution in [2.45, 2.75) is 65.3 Å². The molecule has 25 heavy (non-hydrogen) atoms. The van der Waals surface area contributed by atoms with Crippen LogP contribution in [0.25, 0.3) is 0 Å². The molecule has 0 aliphatic carbocycles. The highest BCUT2D eigenvalue weighted by Gasteiger charge is 2.30. The van der Waals surface area contributed by atoms with Crippen LogP contribution in [0.4, 0.5) is 10.3 Å². The van der Waals surface area contributed by atoms with Gasteiger partial charge in [-0.05, 0) is 6.92 Å². The van der Waals surface area contributed by atoms with Crippen LogP contribution >= 0.6 is 23.1 Å². The molecule has 0 unspecified atom stereocenters. The smallest absolute Gasteiger partial charge is 0.205 e. The van der Waals surface area contributed by atoms with E-state index in [9.17, 15) is 0 Å². The van der Waals surface area contributed by atoms with Gasteiger partial charge in [-0.2, -0.15) is 8.75 Å². The lowest BCUT2D eigenvalue weighted by molar-refractivity contribution is 0.532. The van der Waals surface area contributed by atoms with Crippen molar-refractivity contribution in [2.75, 3.05) is 29.4 Å². The van der Waals surface area contributed by atoms with Crippen LogP contribution in [0.15, 0.2) is 0 Å². The summed E-state index contributed by atoms with van der Waals surface area (Å²) in [4.78, 5) is 14.3. The average molecular weight is 381 g/mol. The molecule has 0 radical (unpaired) electrons. The van der Waals surface area contributed by atoms with Crippen LogP contribution in [0, 0.1) is 0 Å². The molecule has 1 aliphatic heterocycles. The van der Waals surface area contributed by atoms with Gasteiger partial charge in [0.25, 0.3) is 0 Å². The largest absolute Gasteiger partial charge is 0.343 e. The Kier molecular flexibility index (Phi) is 4.79. The lowest BCUT2D eigenvalue weighted by Gasteiger charge is -2.39. The first-order valence-electron chi connectivity index (χ1n) is 8.75. The molecule has 0 N–H and O–H groups in total. The maximum absolute atomic E-state index is 4.78. The van der Waals surface area contributed by atoms with Gasteiger partial charge in [-0.3, -0.25) is 0 Å². The predicted octanol–water partition coefficient (Wildman–Crippen LogP) is 3.70. The van der Waals surface area contributed by atoms with E-state index in [-0.39, 0.29) is 10.8 Å². The van der Waals surface area contributed by atoms with E-state index in [0.29, 0.717) is 6.04 Å². The van der Waals surface area contributed by atoms with E-state index in [4.69, 9.17) is 9.97 Å². The Hall–Kier alpha value is -1.28. The number of rotatable bonds is 2. The van der Waals surface area contributed by atoms with Crippen molar-refractivity contribution in [3.8, 4) is 0 Å². The zero-order chi connectivity index (χ0) is 18.4. The molecular formula is C17H28N6S2. The molecule has 0 spiro atoms. The summed E-state index contributed by atoms with van der Waals surface area (Å²) in [6, 6.07) is 0.372. The summed E-state index contributed by atoms with van der Waals surface area (Å²) in [5, 5.41) is 2.06. The number of anilines is 2. The van der Waals surface area contributed by atoms with E-state index < -0.39 is 0 Å². The van der Waals surface area contributed by atoms with Crippen molar-refractivity contribution in [1.82, 2.24) is 18.7 Å². The Morgan fingerprint density at radius 2 is 1.36 bits per heavy atom. The minimum Gasteiger partial charge on any atom is -0.343 e. The maximum atomic E-state index is 4.78. The van der Waals surface area contributed by atoms with Crippen LogP contribution < -0.4 is 9.80 Å². The van der Waals surface area contributed by atoms with Gasteiger partial charge in [-0.15, -0.1) is 0 Å². The maximum Gasteiger partial charge on any atom is 0.205 e. The Labute approximate surface area is 158 Å². The molecule has 138 valence electrons. The second-order valence-electron chi connectivity index (χ2n) is 8.79. The van der Waals surface area contributed by atoms with E-state index in [2.05, 4.69) is 67.0 Å². The van der Waals surface area contributed by atoms with Gasteiger partial charge in [0.15, 0.2) is 0 Å². The minimum atomic E-state index is -0.00424. The van der Waals surface area contributed by atoms with Gasteiger partial charge in [0.05, 0.1) is 0 Å². The molecule has 6 nitrogen and oxygen atoms in total. The van der Waals surface area contributed by atoms with E-state index in [1.165, 1.54) is 23.1 Å². The van der Waals surface area contributed by atoms with Crippen molar-refractivity contribution < 1.29 is 0 Å². The monoisotopic (exact) mass is 380 g/mol. The van der Waals surface area contributed by atoms with Crippen LogP contribution in [0.2, 0.25) is 0 Å². The quantitative estimate of drug-likeness (QED) is 0.792. The normalized spacial score (nSPS) is 19.6. The number of piperazine rings is 1. The predicted molar refractivity (Wildman–Crippen MR) is 106 cm³/mol. The Morgan fingerprint density at radius 3 is 1.84 bits per heavy atom. The van der Waals surface area contributed by atoms with Gasteiger partial charge in [0.2, 0.25) is 10.3 Å². The van der Waals surface area contributed by atoms with Crippen LogP contribution in [0.5, 0.6) is 0 Å². The third-order valence-electron chi connectivity index (χ3n) is 4.32. The first kappa shape index (κ1) is 18.5. The van der Waals surface area contributed by atoms with Crippen LogP contribution in [0.1, 0.15) is 60.1 Å². The SMILES string of the molecule is C[C@H]1CN(c2nc(C(C)(C)C)ns2)CCN1c1nc(C(C)(C)C)ns1. The fourth-order valence-corrected chi connectivity index (χ4v) is 4.58. The highest BCUT2D eigenvalue weighted by Crippen LogP contribution is 2.30. The van der Waals surface area contributed by atoms with E-state index in [1.54, 1.807) is 0 Å². The van der Waals surface area contributed by atoms with Crippen LogP contribution in [-0.2, 0) is 10.8 Å². The van der Waals surface area contributed by atoms with Gasteiger partial charge in [-0.1, -0.05) is 41.5 Å². The van der Waals surface area contributed by atoms with Crippen LogP contribution in [-0.4, -0.2) is 44.4 Å². The third kappa shape index (κ3) is 3.95. The van der Waals surface area contributed by atoms with Crippen molar-refractivity contribution >= 4 is 33.3 Å². The van der Waals surface area contributed by atoms with Gasteiger partial charge in [-0.25, -0.2) is 9.97 Å². The molecule has 0 aromatic carbocycles. The molecule has 3 heterocycles. The lowest BCUT2D eigenvalue weighted by atomic mass is 9.96. The second kappa shape index (κ2) is 6.46. The topological polar surface area (TPSA) is 58.0 Å². The first-order chi connectivity index (χ1) is 11.6. The number of hydrogen-bond donors (Lipinski definition) is 0. The first-order valence-corrected chi connectivity index (χ1v) is 10.3. The highest BCUT2D eigenvalue weighted by molar-refractivity contribution is 7.10. The van der Waals surface area contributed by atoms with Crippen molar-refractivity contribution in [3.63, 3.8) is 0 Å². The molecule has 0 bridgehead atoms. The Balaban J connectivity index is 1.70. The fraction of sp³-hybridized carbons (Fsp3) is 0.765. The van der Waals surface area contributed by atoms with Gasteiger partial charge >= 0.3 is 0 Å². The molecule has 2 aromatic rings. The van der Waals surface area contributed by atoms with Crippen molar-refractivity contribution in [3.05, 3.63) is 11.6 Å². The number of aromatic nitrogens is 4. The van der Waals surface area contributed by atoms with E-state index in [1.807, 2.05) is 0 Å². The number of hydrogen-bond acceptors (Lipinski definition) is 8. The summed E-state index contributed by atoms with van der Waals surface area (Å²) in [6.45, 7) is 18.0. The molecule has 1 atom stereocenters. The van der Waals surface area contributed by atoms with Crippen molar-refractivity contribution in [2.24, 2.45) is 0 Å². The molecule has 0 saturated carbocycles. The summed E-state index contributed by atoms with van der Waals surface area (Å²) in [6.07, 6.45) is 0. The van der Waals surface area contributed by atoms with Gasteiger partial charge < -0.3 is 9.80 Å². The fourth-order valence-electron chi connectivity index (χ4n) is 2.70. The summed E-state index contributed by atoms with van der Waals surface area (Å²) in [7, 11) is 0. The van der Waals surface area contributed by atoms with Crippen molar-refractivity contribution in [1.29, 1.82) is 0 Å². The van der Waals surface area contributed by atoms with Crippen LogP contribution in [0.3, 0.4) is 0 Å². The zero-order valence-corrected chi connectivity index (χ0v) is 17.8. The highest BCUT2D eigenvalue weighted by atomic mass is 32.1. The molecule has 1 fully saturated rings. The second-order valence-corrected chi connectivity index (χ2v) is 10.3. The molecule has 0 amide bonds. The Bertz CT molecular complexity index is 724. The lowest BCUT2D eigenvalue weighted by Crippen LogP contribution is -2.52. The summed E-state index contributed by atoms with van der Waals surface area (Å²) in [5.74, 6) is 1.86. The summed E-state index contributed by atoms with van der Waals surface area (Å²) in [5.41, 5.74) is -0.00612. The number of nitrogens with zero attached hydrogens (tertiary/aromatic N) is 6. The standard InChI is InChI=1S/C17H28N6S2/c1-11-10-22(14-18-12(20-24-14)16(2,3)4)8-9-23(11)15-19-13(21-25-15)17(5,6)7/h11H,8-10H2,1-7H3/t11-/m0/s1. The average Bonchev–Trinajstić information content (AvgIpc) is 3.15. The molecule has 1 saturated heterocycles. The van der Waals surface area contributed by atoms with Gasteiger partial charge in [0, 0.05) is 59.6 Å². The molecule has 1 aliphatic rings. The molecule has 3 rings (SSSR count). The minimum absolute atomic E-state index is 0.00188. The molecule has 2 aromatic heterocycles. The Morgan fingerprint density at radius 1 is 0.840 bits per heavy atom. The summed E-state index contributed by atoms with van der Waals surface area (Å²) >= 11 is 3.02. The third-order valence-corrected chi connectivity index (χ3v) is 5.85.